The van der Waals surface area contributed by atoms with Crippen LogP contribution in [0.4, 0.5) is 0 Å². The van der Waals surface area contributed by atoms with Gasteiger partial charge in [0.05, 0.1) is 17.3 Å². The lowest BCUT2D eigenvalue weighted by Crippen LogP contribution is -2.36. The smallest absolute Gasteiger partial charge is 0.230 e. The number of nitrogens with one attached hydrogen (secondary N) is 1. The van der Waals surface area contributed by atoms with Crippen molar-refractivity contribution in [3.63, 3.8) is 0 Å². The van der Waals surface area contributed by atoms with Gasteiger partial charge < -0.3 is 5.32 Å². The SMILES string of the molecule is Cc1cc(C)c(C)c(SCC(=O)N[C@@H]2CCS(=O)(=O)C2)c1C. The van der Waals surface area contributed by atoms with E-state index >= 15 is 0 Å². The number of sulfone groups is 1. The molecule has 0 saturated carbocycles. The molecule has 0 spiro atoms. The van der Waals surface area contributed by atoms with Crippen molar-refractivity contribution in [1.29, 1.82) is 0 Å². The van der Waals surface area contributed by atoms with Crippen molar-refractivity contribution in [2.75, 3.05) is 17.3 Å². The molecule has 0 aliphatic carbocycles. The quantitative estimate of drug-likeness (QED) is 0.854. The summed E-state index contributed by atoms with van der Waals surface area (Å²) in [4.78, 5) is 13.2. The summed E-state index contributed by atoms with van der Waals surface area (Å²) in [6.45, 7) is 8.31. The molecule has 1 aromatic carbocycles. The number of amides is 1. The first-order chi connectivity index (χ1) is 10.2. The summed E-state index contributed by atoms with van der Waals surface area (Å²) in [6.07, 6.45) is 0.528. The van der Waals surface area contributed by atoms with Crippen molar-refractivity contribution in [2.24, 2.45) is 0 Å². The Labute approximate surface area is 137 Å². The highest BCUT2D eigenvalue weighted by Gasteiger charge is 2.28. The van der Waals surface area contributed by atoms with Crippen molar-refractivity contribution in [1.82, 2.24) is 5.32 Å². The van der Waals surface area contributed by atoms with E-state index < -0.39 is 9.84 Å². The summed E-state index contributed by atoms with van der Waals surface area (Å²) in [7, 11) is -2.95. The molecule has 4 nitrogen and oxygen atoms in total. The van der Waals surface area contributed by atoms with Gasteiger partial charge in [0.1, 0.15) is 0 Å². The van der Waals surface area contributed by atoms with Gasteiger partial charge in [-0.2, -0.15) is 0 Å². The molecule has 1 fully saturated rings. The van der Waals surface area contributed by atoms with E-state index in [4.69, 9.17) is 0 Å². The lowest BCUT2D eigenvalue weighted by atomic mass is 10.0. The fourth-order valence-corrected chi connectivity index (χ4v) is 5.50. The number of hydrogen-bond acceptors (Lipinski definition) is 4. The third-order valence-corrected chi connectivity index (χ3v) is 7.32. The Hall–Kier alpha value is -1.01. The molecule has 122 valence electrons. The minimum Gasteiger partial charge on any atom is -0.352 e. The molecule has 1 N–H and O–H groups in total. The van der Waals surface area contributed by atoms with Gasteiger partial charge in [-0.25, -0.2) is 8.42 Å². The zero-order chi connectivity index (χ0) is 16.5. The minimum absolute atomic E-state index is 0.0744. The average molecular weight is 341 g/mol. The van der Waals surface area contributed by atoms with Crippen LogP contribution in [0.25, 0.3) is 0 Å². The third kappa shape index (κ3) is 4.04. The lowest BCUT2D eigenvalue weighted by Gasteiger charge is -2.15. The van der Waals surface area contributed by atoms with Crippen LogP contribution in [0.5, 0.6) is 0 Å². The molecule has 2 rings (SSSR count). The summed E-state index contributed by atoms with van der Waals surface area (Å²) in [5.41, 5.74) is 4.88. The Balaban J connectivity index is 1.98. The molecular weight excluding hydrogens is 318 g/mol. The van der Waals surface area contributed by atoms with Crippen LogP contribution in [-0.4, -0.2) is 37.6 Å². The molecule has 0 radical (unpaired) electrons. The Morgan fingerprint density at radius 1 is 1.23 bits per heavy atom. The first-order valence-electron chi connectivity index (χ1n) is 7.39. The van der Waals surface area contributed by atoms with Crippen LogP contribution < -0.4 is 5.32 Å². The highest BCUT2D eigenvalue weighted by molar-refractivity contribution is 8.00. The van der Waals surface area contributed by atoms with E-state index in [1.54, 1.807) is 0 Å². The summed E-state index contributed by atoms with van der Waals surface area (Å²) in [5.74, 6) is 0.483. The predicted molar refractivity (Wildman–Crippen MR) is 91.3 cm³/mol. The van der Waals surface area contributed by atoms with Crippen molar-refractivity contribution in [3.8, 4) is 0 Å². The molecule has 1 aromatic rings. The molecular formula is C16H23NO3S2. The monoisotopic (exact) mass is 341 g/mol. The van der Waals surface area contributed by atoms with Crippen molar-refractivity contribution >= 4 is 27.5 Å². The number of rotatable bonds is 4. The maximum Gasteiger partial charge on any atom is 0.230 e. The Kier molecular flexibility index (Phi) is 5.22. The van der Waals surface area contributed by atoms with Gasteiger partial charge in [-0.05, 0) is 56.4 Å². The van der Waals surface area contributed by atoms with Crippen LogP contribution in [-0.2, 0) is 14.6 Å². The van der Waals surface area contributed by atoms with Gasteiger partial charge in [0.2, 0.25) is 5.91 Å². The van der Waals surface area contributed by atoms with Gasteiger partial charge in [0, 0.05) is 10.9 Å². The Bertz CT molecular complexity index is 670. The van der Waals surface area contributed by atoms with E-state index in [0.29, 0.717) is 12.2 Å². The van der Waals surface area contributed by atoms with E-state index in [9.17, 15) is 13.2 Å². The normalized spacial score (nSPS) is 20.1. The molecule has 0 bridgehead atoms. The molecule has 1 aliphatic rings. The van der Waals surface area contributed by atoms with Gasteiger partial charge >= 0.3 is 0 Å². The fourth-order valence-electron chi connectivity index (χ4n) is 2.71. The lowest BCUT2D eigenvalue weighted by molar-refractivity contribution is -0.119. The van der Waals surface area contributed by atoms with Crippen LogP contribution in [0, 0.1) is 27.7 Å². The van der Waals surface area contributed by atoms with E-state index in [1.165, 1.54) is 34.0 Å². The summed E-state index contributed by atoms with van der Waals surface area (Å²) in [5, 5.41) is 2.83. The maximum absolute atomic E-state index is 12.0. The molecule has 1 amide bonds. The number of hydrogen-bond donors (Lipinski definition) is 1. The molecule has 0 aromatic heterocycles. The topological polar surface area (TPSA) is 63.2 Å². The highest BCUT2D eigenvalue weighted by Crippen LogP contribution is 2.30. The van der Waals surface area contributed by atoms with E-state index in [-0.39, 0.29) is 23.5 Å². The summed E-state index contributed by atoms with van der Waals surface area (Å²) in [6, 6.07) is 1.94. The van der Waals surface area contributed by atoms with E-state index in [2.05, 4.69) is 39.1 Å². The van der Waals surface area contributed by atoms with Crippen molar-refractivity contribution in [2.45, 2.75) is 45.1 Å². The van der Waals surface area contributed by atoms with Crippen LogP contribution in [0.15, 0.2) is 11.0 Å². The van der Waals surface area contributed by atoms with Gasteiger partial charge in [-0.3, -0.25) is 4.79 Å². The molecule has 6 heteroatoms. The minimum atomic E-state index is -2.95. The van der Waals surface area contributed by atoms with Crippen molar-refractivity contribution in [3.05, 3.63) is 28.3 Å². The second-order valence-electron chi connectivity index (χ2n) is 6.05. The standard InChI is InChI=1S/C16H23NO3S2/c1-10-7-11(2)13(4)16(12(10)3)21-8-15(18)17-14-5-6-22(19,20)9-14/h7,14H,5-6,8-9H2,1-4H3,(H,17,18)/t14-/m1/s1. The zero-order valence-electron chi connectivity index (χ0n) is 13.5. The van der Waals surface area contributed by atoms with Crippen LogP contribution in [0.3, 0.4) is 0 Å². The highest BCUT2D eigenvalue weighted by atomic mass is 32.2. The van der Waals surface area contributed by atoms with Crippen molar-refractivity contribution < 1.29 is 13.2 Å². The van der Waals surface area contributed by atoms with Crippen LogP contribution >= 0.6 is 11.8 Å². The van der Waals surface area contributed by atoms with Gasteiger partial charge in [-0.1, -0.05) is 6.07 Å². The predicted octanol–water partition coefficient (Wildman–Crippen LogP) is 2.32. The zero-order valence-corrected chi connectivity index (χ0v) is 15.2. The number of benzene rings is 1. The fraction of sp³-hybridized carbons (Fsp3) is 0.562. The van der Waals surface area contributed by atoms with Gasteiger partial charge in [0.25, 0.3) is 0 Å². The Morgan fingerprint density at radius 2 is 1.82 bits per heavy atom. The van der Waals surface area contributed by atoms with E-state index in [1.807, 2.05) is 0 Å². The van der Waals surface area contributed by atoms with E-state index in [0.717, 1.165) is 4.90 Å². The average Bonchev–Trinajstić information content (AvgIpc) is 2.75. The number of thioether (sulfide) groups is 1. The third-order valence-electron chi connectivity index (χ3n) is 4.24. The number of aryl methyl sites for hydroxylation is 2. The molecule has 1 heterocycles. The second kappa shape index (κ2) is 6.62. The van der Waals surface area contributed by atoms with Gasteiger partial charge in [-0.15, -0.1) is 11.8 Å². The molecule has 0 unspecified atom stereocenters. The number of carbonyl (C=O) groups excluding carboxylic acids is 1. The maximum atomic E-state index is 12.0. The summed E-state index contributed by atoms with van der Waals surface area (Å²) < 4.78 is 22.8. The Morgan fingerprint density at radius 3 is 2.32 bits per heavy atom. The molecule has 1 saturated heterocycles. The first-order valence-corrected chi connectivity index (χ1v) is 10.2. The molecule has 1 atom stereocenters. The number of carbonyl (C=O) groups is 1. The molecule has 22 heavy (non-hydrogen) atoms. The van der Waals surface area contributed by atoms with Gasteiger partial charge in [0.15, 0.2) is 9.84 Å². The summed E-state index contributed by atoms with van der Waals surface area (Å²) >= 11 is 1.53. The first kappa shape index (κ1) is 17.3. The van der Waals surface area contributed by atoms with Crippen LogP contribution in [0.2, 0.25) is 0 Å². The second-order valence-corrected chi connectivity index (χ2v) is 9.26. The largest absolute Gasteiger partial charge is 0.352 e. The molecule has 1 aliphatic heterocycles. The van der Waals surface area contributed by atoms with Crippen LogP contribution in [0.1, 0.15) is 28.7 Å².